The lowest BCUT2D eigenvalue weighted by atomic mass is 10.2. The molecule has 2 N–H and O–H groups in total. The summed E-state index contributed by atoms with van der Waals surface area (Å²) >= 11 is 9.15. The van der Waals surface area contributed by atoms with Crippen LogP contribution in [-0.4, -0.2) is 24.0 Å². The highest BCUT2D eigenvalue weighted by atomic mass is 79.9. The van der Waals surface area contributed by atoms with Crippen LogP contribution in [0.5, 0.6) is 5.75 Å². The van der Waals surface area contributed by atoms with Gasteiger partial charge in [-0.3, -0.25) is 9.59 Å². The maximum atomic E-state index is 12.2. The average Bonchev–Trinajstić information content (AvgIpc) is 2.76. The lowest BCUT2D eigenvalue weighted by Gasteiger charge is -2.07. The molecule has 32 heavy (non-hydrogen) atoms. The SMILES string of the molecule is Cc1cc(Br)ccc1NC(=O)C(=O)N/N=C/c1cccc(OC(=O)c2ccc(Cl)cc2)c1. The second kappa shape index (κ2) is 10.7. The molecule has 0 bridgehead atoms. The van der Waals surface area contributed by atoms with Gasteiger partial charge in [-0.05, 0) is 72.6 Å². The van der Waals surface area contributed by atoms with Gasteiger partial charge in [0, 0.05) is 15.2 Å². The quantitative estimate of drug-likeness (QED) is 0.169. The Bertz CT molecular complexity index is 1200. The molecule has 3 aromatic rings. The highest BCUT2D eigenvalue weighted by Crippen LogP contribution is 2.20. The van der Waals surface area contributed by atoms with Gasteiger partial charge in [0.05, 0.1) is 11.8 Å². The van der Waals surface area contributed by atoms with E-state index in [-0.39, 0.29) is 0 Å². The number of amides is 2. The number of benzene rings is 3. The Morgan fingerprint density at radius 1 is 1.00 bits per heavy atom. The minimum atomic E-state index is -0.922. The summed E-state index contributed by atoms with van der Waals surface area (Å²) in [7, 11) is 0. The van der Waals surface area contributed by atoms with Crippen LogP contribution in [0.2, 0.25) is 5.02 Å². The number of nitrogens with zero attached hydrogens (tertiary/aromatic N) is 1. The summed E-state index contributed by atoms with van der Waals surface area (Å²) in [6, 6.07) is 18.1. The molecule has 2 amide bonds. The summed E-state index contributed by atoms with van der Waals surface area (Å²) in [6.45, 7) is 1.81. The van der Waals surface area contributed by atoms with Crippen LogP contribution >= 0.6 is 27.5 Å². The summed E-state index contributed by atoms with van der Waals surface area (Å²) in [4.78, 5) is 36.2. The van der Waals surface area contributed by atoms with Gasteiger partial charge < -0.3 is 10.1 Å². The largest absolute Gasteiger partial charge is 0.423 e. The lowest BCUT2D eigenvalue weighted by molar-refractivity contribution is -0.136. The normalized spacial score (nSPS) is 10.6. The summed E-state index contributed by atoms with van der Waals surface area (Å²) in [5, 5.41) is 6.82. The van der Waals surface area contributed by atoms with E-state index in [0.29, 0.717) is 27.6 Å². The van der Waals surface area contributed by atoms with Gasteiger partial charge in [0.25, 0.3) is 0 Å². The van der Waals surface area contributed by atoms with Crippen molar-refractivity contribution in [3.05, 3.63) is 92.9 Å². The van der Waals surface area contributed by atoms with E-state index in [4.69, 9.17) is 16.3 Å². The van der Waals surface area contributed by atoms with E-state index in [1.165, 1.54) is 6.21 Å². The molecule has 162 valence electrons. The van der Waals surface area contributed by atoms with Crippen molar-refractivity contribution in [2.45, 2.75) is 6.92 Å². The third-order valence-corrected chi connectivity index (χ3v) is 4.92. The van der Waals surface area contributed by atoms with E-state index in [1.54, 1.807) is 60.7 Å². The first kappa shape index (κ1) is 23.2. The molecule has 0 atom stereocenters. The number of rotatable bonds is 5. The summed E-state index contributed by atoms with van der Waals surface area (Å²) in [6.07, 6.45) is 1.33. The maximum absolute atomic E-state index is 12.2. The Morgan fingerprint density at radius 3 is 2.47 bits per heavy atom. The summed E-state index contributed by atoms with van der Waals surface area (Å²) in [5.74, 6) is -2.01. The zero-order chi connectivity index (χ0) is 23.1. The Kier molecular flexibility index (Phi) is 7.75. The number of hydrogen-bond donors (Lipinski definition) is 2. The number of esters is 1. The molecule has 0 fully saturated rings. The van der Waals surface area contributed by atoms with Crippen molar-refractivity contribution in [1.29, 1.82) is 0 Å². The molecule has 0 aromatic heterocycles. The topological polar surface area (TPSA) is 96.9 Å². The molecule has 7 nitrogen and oxygen atoms in total. The predicted octanol–water partition coefficient (Wildman–Crippen LogP) is 4.72. The summed E-state index contributed by atoms with van der Waals surface area (Å²) in [5.41, 5.74) is 4.39. The molecular formula is C23H17BrClN3O4. The van der Waals surface area contributed by atoms with Gasteiger partial charge in [-0.25, -0.2) is 10.2 Å². The molecule has 9 heteroatoms. The second-order valence-electron chi connectivity index (χ2n) is 6.58. The van der Waals surface area contributed by atoms with Gasteiger partial charge >= 0.3 is 17.8 Å². The van der Waals surface area contributed by atoms with Crippen molar-refractivity contribution in [1.82, 2.24) is 5.43 Å². The minimum absolute atomic E-state index is 0.295. The summed E-state index contributed by atoms with van der Waals surface area (Å²) < 4.78 is 6.20. The molecular weight excluding hydrogens is 498 g/mol. The third-order valence-electron chi connectivity index (χ3n) is 4.17. The Hall–Kier alpha value is -3.49. The number of carbonyl (C=O) groups excluding carboxylic acids is 3. The smallest absolute Gasteiger partial charge is 0.343 e. The average molecular weight is 515 g/mol. The Labute approximate surface area is 197 Å². The molecule has 3 rings (SSSR count). The van der Waals surface area contributed by atoms with E-state index in [9.17, 15) is 14.4 Å². The van der Waals surface area contributed by atoms with Gasteiger partial charge in [-0.2, -0.15) is 5.10 Å². The molecule has 0 heterocycles. The van der Waals surface area contributed by atoms with Gasteiger partial charge in [0.1, 0.15) is 5.75 Å². The molecule has 0 aliphatic carbocycles. The van der Waals surface area contributed by atoms with Crippen molar-refractivity contribution >= 4 is 57.2 Å². The zero-order valence-electron chi connectivity index (χ0n) is 16.8. The fourth-order valence-corrected chi connectivity index (χ4v) is 3.17. The highest BCUT2D eigenvalue weighted by molar-refractivity contribution is 9.10. The number of aryl methyl sites for hydroxylation is 1. The number of hydrazone groups is 1. The fraction of sp³-hybridized carbons (Fsp3) is 0.0435. The number of anilines is 1. The van der Waals surface area contributed by atoms with Crippen LogP contribution in [0.15, 0.2) is 76.3 Å². The van der Waals surface area contributed by atoms with Gasteiger partial charge in [0.2, 0.25) is 0 Å². The van der Waals surface area contributed by atoms with Crippen molar-refractivity contribution in [3.8, 4) is 5.75 Å². The van der Waals surface area contributed by atoms with Crippen LogP contribution in [0.25, 0.3) is 0 Å². The molecule has 0 aliphatic rings. The molecule has 0 spiro atoms. The first-order valence-corrected chi connectivity index (χ1v) is 10.5. The zero-order valence-corrected chi connectivity index (χ0v) is 19.1. The van der Waals surface area contributed by atoms with Crippen LogP contribution in [0.1, 0.15) is 21.5 Å². The molecule has 0 saturated carbocycles. The van der Waals surface area contributed by atoms with E-state index in [1.807, 2.05) is 13.0 Å². The lowest BCUT2D eigenvalue weighted by Crippen LogP contribution is -2.32. The van der Waals surface area contributed by atoms with Gasteiger partial charge in [-0.1, -0.05) is 39.7 Å². The van der Waals surface area contributed by atoms with Crippen molar-refractivity contribution in [3.63, 3.8) is 0 Å². The maximum Gasteiger partial charge on any atom is 0.343 e. The number of nitrogens with one attached hydrogen (secondary N) is 2. The molecule has 0 aliphatic heterocycles. The van der Waals surface area contributed by atoms with E-state index in [2.05, 4.69) is 31.8 Å². The van der Waals surface area contributed by atoms with Crippen molar-refractivity contribution < 1.29 is 19.1 Å². The highest BCUT2D eigenvalue weighted by Gasteiger charge is 2.14. The van der Waals surface area contributed by atoms with Crippen molar-refractivity contribution in [2.75, 3.05) is 5.32 Å². The van der Waals surface area contributed by atoms with Gasteiger partial charge in [-0.15, -0.1) is 0 Å². The molecule has 0 radical (unpaired) electrons. The monoisotopic (exact) mass is 513 g/mol. The van der Waals surface area contributed by atoms with E-state index < -0.39 is 17.8 Å². The molecule has 0 unspecified atom stereocenters. The Morgan fingerprint density at radius 2 is 1.75 bits per heavy atom. The first-order chi connectivity index (χ1) is 15.3. The number of ether oxygens (including phenoxy) is 1. The van der Waals surface area contributed by atoms with Crippen LogP contribution < -0.4 is 15.5 Å². The van der Waals surface area contributed by atoms with E-state index in [0.717, 1.165) is 10.0 Å². The molecule has 0 saturated heterocycles. The van der Waals surface area contributed by atoms with Crippen LogP contribution in [0.3, 0.4) is 0 Å². The van der Waals surface area contributed by atoms with E-state index >= 15 is 0 Å². The van der Waals surface area contributed by atoms with Gasteiger partial charge in [0.15, 0.2) is 0 Å². The fourth-order valence-electron chi connectivity index (χ4n) is 2.57. The second-order valence-corrected chi connectivity index (χ2v) is 7.93. The molecule has 3 aromatic carbocycles. The standard InChI is InChI=1S/C23H17BrClN3O4/c1-14-11-17(24)7-10-20(14)27-21(29)22(30)28-26-13-15-3-2-4-19(12-15)32-23(31)16-5-8-18(25)9-6-16/h2-13H,1H3,(H,27,29)(H,28,30)/b26-13+. The number of hydrogen-bond acceptors (Lipinski definition) is 5. The van der Waals surface area contributed by atoms with Crippen LogP contribution in [-0.2, 0) is 9.59 Å². The minimum Gasteiger partial charge on any atom is -0.423 e. The predicted molar refractivity (Wildman–Crippen MR) is 126 cm³/mol. The van der Waals surface area contributed by atoms with Crippen LogP contribution in [0.4, 0.5) is 5.69 Å². The van der Waals surface area contributed by atoms with Crippen LogP contribution in [0, 0.1) is 6.92 Å². The number of halogens is 2. The third kappa shape index (κ3) is 6.50. The Balaban J connectivity index is 1.57. The van der Waals surface area contributed by atoms with Crippen molar-refractivity contribution in [2.24, 2.45) is 5.10 Å². The first-order valence-electron chi connectivity index (χ1n) is 9.30. The number of carbonyl (C=O) groups is 3.